The molecule has 0 aliphatic rings. The Morgan fingerprint density at radius 1 is 1.35 bits per heavy atom. The lowest BCUT2D eigenvalue weighted by atomic mass is 10.3. The van der Waals surface area contributed by atoms with Crippen LogP contribution in [0.5, 0.6) is 0 Å². The molecule has 0 bridgehead atoms. The largest absolute Gasteiger partial charge is 0.241 e. The van der Waals surface area contributed by atoms with Gasteiger partial charge in [0, 0.05) is 20.3 Å². The molecule has 1 unspecified atom stereocenters. The number of hydrogen-bond acceptors (Lipinski definition) is 2. The minimum Gasteiger partial charge on any atom is -0.210 e. The third-order valence-corrected chi connectivity index (χ3v) is 6.00. The monoisotopic (exact) mass is 447 g/mol. The van der Waals surface area contributed by atoms with Gasteiger partial charge in [-0.25, -0.2) is 13.1 Å². The van der Waals surface area contributed by atoms with Crippen molar-refractivity contribution in [3.8, 4) is 0 Å². The molecule has 0 saturated carbocycles. The predicted molar refractivity (Wildman–Crippen MR) is 80.0 cm³/mol. The molecule has 7 heteroatoms. The molecule has 1 atom stereocenters. The van der Waals surface area contributed by atoms with Crippen molar-refractivity contribution in [1.29, 1.82) is 0 Å². The fourth-order valence-electron chi connectivity index (χ4n) is 1.11. The van der Waals surface area contributed by atoms with Crippen LogP contribution in [0.1, 0.15) is 13.3 Å². The highest BCUT2D eigenvalue weighted by Gasteiger charge is 2.18. The summed E-state index contributed by atoms with van der Waals surface area (Å²) in [4.78, 5) is 0.380. The Morgan fingerprint density at radius 2 is 2.00 bits per heavy atom. The van der Waals surface area contributed by atoms with E-state index in [1.54, 1.807) is 18.2 Å². The summed E-state index contributed by atoms with van der Waals surface area (Å²) in [6, 6.07) is 5.05. The zero-order chi connectivity index (χ0) is 13.1. The first-order chi connectivity index (χ1) is 7.86. The van der Waals surface area contributed by atoms with Crippen molar-refractivity contribution in [3.05, 3.63) is 27.1 Å². The van der Waals surface area contributed by atoms with Crippen molar-refractivity contribution in [3.63, 3.8) is 0 Å². The first kappa shape index (κ1) is 15.6. The normalized spacial score (nSPS) is 13.6. The Hall–Kier alpha value is 0.570. The Morgan fingerprint density at radius 3 is 2.59 bits per heavy atom. The summed E-state index contributed by atoms with van der Waals surface area (Å²) >= 11 is 9.89. The number of hydrogen-bond donors (Lipinski definition) is 1. The third kappa shape index (κ3) is 4.63. The van der Waals surface area contributed by atoms with Crippen LogP contribution < -0.4 is 4.72 Å². The van der Waals surface area contributed by atoms with Gasteiger partial charge in [-0.2, -0.15) is 0 Å². The van der Waals surface area contributed by atoms with Gasteiger partial charge in [0.2, 0.25) is 10.0 Å². The SMILES string of the molecule is CCC(Br)CNS(=O)(=O)c1cc(Br)ccc1Br. The lowest BCUT2D eigenvalue weighted by molar-refractivity contribution is 0.579. The zero-order valence-corrected chi connectivity index (χ0v) is 14.7. The highest BCUT2D eigenvalue weighted by Crippen LogP contribution is 2.25. The van der Waals surface area contributed by atoms with E-state index in [0.717, 1.165) is 10.9 Å². The van der Waals surface area contributed by atoms with Gasteiger partial charge in [0.1, 0.15) is 0 Å². The summed E-state index contributed by atoms with van der Waals surface area (Å²) < 4.78 is 27.9. The Balaban J connectivity index is 2.93. The van der Waals surface area contributed by atoms with Crippen LogP contribution >= 0.6 is 47.8 Å². The van der Waals surface area contributed by atoms with E-state index < -0.39 is 10.0 Å². The van der Waals surface area contributed by atoms with Crippen molar-refractivity contribution in [2.45, 2.75) is 23.1 Å². The summed E-state index contributed by atoms with van der Waals surface area (Å²) in [5.41, 5.74) is 0. The van der Waals surface area contributed by atoms with Crippen LogP contribution in [-0.2, 0) is 10.0 Å². The van der Waals surface area contributed by atoms with Crippen LogP contribution in [0.25, 0.3) is 0 Å². The number of nitrogens with one attached hydrogen (secondary N) is 1. The maximum Gasteiger partial charge on any atom is 0.241 e. The molecular formula is C10H12Br3NO2S. The molecule has 0 fully saturated rings. The molecule has 1 aromatic carbocycles. The third-order valence-electron chi connectivity index (χ3n) is 2.12. The van der Waals surface area contributed by atoms with Gasteiger partial charge in [-0.15, -0.1) is 0 Å². The van der Waals surface area contributed by atoms with Gasteiger partial charge >= 0.3 is 0 Å². The lowest BCUT2D eigenvalue weighted by Gasteiger charge is -2.11. The second-order valence-electron chi connectivity index (χ2n) is 3.43. The fourth-order valence-corrected chi connectivity index (χ4v) is 4.06. The van der Waals surface area contributed by atoms with Gasteiger partial charge in [-0.3, -0.25) is 0 Å². The zero-order valence-electron chi connectivity index (χ0n) is 9.08. The minimum absolute atomic E-state index is 0.142. The second kappa shape index (κ2) is 6.65. The molecule has 0 aliphatic heterocycles. The van der Waals surface area contributed by atoms with Crippen molar-refractivity contribution in [1.82, 2.24) is 4.72 Å². The summed E-state index contributed by atoms with van der Waals surface area (Å²) in [7, 11) is -3.48. The molecule has 0 heterocycles. The summed E-state index contributed by atoms with van der Waals surface area (Å²) in [5, 5.41) is 0. The van der Waals surface area contributed by atoms with Gasteiger partial charge in [0.05, 0.1) is 4.90 Å². The molecule has 1 rings (SSSR count). The molecular weight excluding hydrogens is 438 g/mol. The molecule has 1 N–H and O–H groups in total. The van der Waals surface area contributed by atoms with Crippen LogP contribution in [0.3, 0.4) is 0 Å². The first-order valence-electron chi connectivity index (χ1n) is 4.95. The Labute approximate surface area is 127 Å². The maximum absolute atomic E-state index is 12.0. The standard InChI is InChI=1S/C10H12Br3NO2S/c1-2-7(11)6-14-17(15,16)10-5-8(12)3-4-9(10)13/h3-5,7,14H,2,6H2,1H3. The van der Waals surface area contributed by atoms with Crippen LogP contribution in [0.4, 0.5) is 0 Å². The van der Waals surface area contributed by atoms with Crippen LogP contribution in [0.2, 0.25) is 0 Å². The quantitative estimate of drug-likeness (QED) is 0.697. The molecule has 3 nitrogen and oxygen atoms in total. The Bertz CT molecular complexity index is 490. The summed E-state index contributed by atoms with van der Waals surface area (Å²) in [5.74, 6) is 0. The van der Waals surface area contributed by atoms with Gasteiger partial charge in [-0.05, 0) is 40.5 Å². The van der Waals surface area contributed by atoms with Crippen molar-refractivity contribution >= 4 is 57.8 Å². The van der Waals surface area contributed by atoms with E-state index in [-0.39, 0.29) is 9.72 Å². The maximum atomic E-state index is 12.0. The van der Waals surface area contributed by atoms with E-state index in [1.807, 2.05) is 6.92 Å². The van der Waals surface area contributed by atoms with Gasteiger partial charge < -0.3 is 0 Å². The fraction of sp³-hybridized carbons (Fsp3) is 0.400. The smallest absolute Gasteiger partial charge is 0.210 e. The van der Waals surface area contributed by atoms with Crippen LogP contribution in [-0.4, -0.2) is 19.8 Å². The molecule has 0 amide bonds. The van der Waals surface area contributed by atoms with Gasteiger partial charge in [-0.1, -0.05) is 38.8 Å². The molecule has 17 heavy (non-hydrogen) atoms. The van der Waals surface area contributed by atoms with E-state index in [1.165, 1.54) is 0 Å². The summed E-state index contributed by atoms with van der Waals surface area (Å²) in [6.45, 7) is 2.36. The summed E-state index contributed by atoms with van der Waals surface area (Å²) in [6.07, 6.45) is 0.863. The van der Waals surface area contributed by atoms with E-state index in [0.29, 0.717) is 11.0 Å². The van der Waals surface area contributed by atoms with E-state index >= 15 is 0 Å². The van der Waals surface area contributed by atoms with Crippen molar-refractivity contribution < 1.29 is 8.42 Å². The minimum atomic E-state index is -3.48. The number of alkyl halides is 1. The van der Waals surface area contributed by atoms with Crippen molar-refractivity contribution in [2.75, 3.05) is 6.54 Å². The molecule has 0 aliphatic carbocycles. The first-order valence-corrected chi connectivity index (χ1v) is 8.94. The number of sulfonamides is 1. The van der Waals surface area contributed by atoms with Crippen LogP contribution in [0, 0.1) is 0 Å². The molecule has 0 radical (unpaired) electrons. The number of halogens is 3. The average Bonchev–Trinajstić information content (AvgIpc) is 2.29. The second-order valence-corrected chi connectivity index (χ2v) is 8.23. The highest BCUT2D eigenvalue weighted by molar-refractivity contribution is 9.11. The molecule has 0 aromatic heterocycles. The van der Waals surface area contributed by atoms with Gasteiger partial charge in [0.15, 0.2) is 0 Å². The molecule has 0 spiro atoms. The van der Waals surface area contributed by atoms with Crippen molar-refractivity contribution in [2.24, 2.45) is 0 Å². The average molecular weight is 450 g/mol. The number of rotatable bonds is 5. The van der Waals surface area contributed by atoms with Crippen LogP contribution in [0.15, 0.2) is 32.0 Å². The molecule has 96 valence electrons. The molecule has 1 aromatic rings. The highest BCUT2D eigenvalue weighted by atomic mass is 79.9. The van der Waals surface area contributed by atoms with E-state index in [2.05, 4.69) is 52.5 Å². The number of benzene rings is 1. The Kier molecular flexibility index (Phi) is 6.12. The lowest BCUT2D eigenvalue weighted by Crippen LogP contribution is -2.29. The molecule has 0 saturated heterocycles. The van der Waals surface area contributed by atoms with E-state index in [9.17, 15) is 8.42 Å². The predicted octanol–water partition coefficient (Wildman–Crippen LogP) is 3.66. The van der Waals surface area contributed by atoms with E-state index in [4.69, 9.17) is 0 Å². The topological polar surface area (TPSA) is 46.2 Å². The van der Waals surface area contributed by atoms with Gasteiger partial charge in [0.25, 0.3) is 0 Å².